The van der Waals surface area contributed by atoms with E-state index in [4.69, 9.17) is 5.73 Å². The van der Waals surface area contributed by atoms with Gasteiger partial charge in [0.15, 0.2) is 0 Å². The van der Waals surface area contributed by atoms with Gasteiger partial charge in [0.05, 0.1) is 5.56 Å². The number of amides is 1. The van der Waals surface area contributed by atoms with Crippen molar-refractivity contribution in [1.29, 1.82) is 0 Å². The van der Waals surface area contributed by atoms with Gasteiger partial charge >= 0.3 is 0 Å². The Hall–Kier alpha value is -1.95. The van der Waals surface area contributed by atoms with Gasteiger partial charge in [-0.25, -0.2) is 8.78 Å². The van der Waals surface area contributed by atoms with E-state index in [9.17, 15) is 13.6 Å². The summed E-state index contributed by atoms with van der Waals surface area (Å²) in [5, 5.41) is 2.48. The van der Waals surface area contributed by atoms with Crippen LogP contribution in [0, 0.1) is 11.6 Å². The zero-order valence-electron chi connectivity index (χ0n) is 9.58. The largest absolute Gasteiger partial charge is 0.398 e. The van der Waals surface area contributed by atoms with Crippen LogP contribution in [-0.4, -0.2) is 5.91 Å². The Morgan fingerprint density at radius 3 is 2.53 bits per heavy atom. The van der Waals surface area contributed by atoms with Gasteiger partial charge in [0.2, 0.25) is 0 Å². The van der Waals surface area contributed by atoms with Crippen LogP contribution < -0.4 is 11.1 Å². The standard InChI is InChI=1S/C13H9BrF2N2O/c14-10-4-2-8(6-12(10)17)18-13(19)9-3-1-7(15)5-11(9)16/h1-6H,17H2,(H,18,19). The van der Waals surface area contributed by atoms with Crippen molar-refractivity contribution in [2.75, 3.05) is 11.1 Å². The van der Waals surface area contributed by atoms with Crippen molar-refractivity contribution in [2.24, 2.45) is 0 Å². The predicted molar refractivity (Wildman–Crippen MR) is 72.9 cm³/mol. The lowest BCUT2D eigenvalue weighted by Gasteiger charge is -2.07. The summed E-state index contributed by atoms with van der Waals surface area (Å²) in [5.41, 5.74) is 6.30. The molecule has 0 aliphatic carbocycles. The number of hydrogen-bond donors (Lipinski definition) is 2. The molecule has 0 atom stereocenters. The van der Waals surface area contributed by atoms with E-state index in [-0.39, 0.29) is 5.56 Å². The number of rotatable bonds is 2. The molecule has 0 saturated heterocycles. The number of nitrogens with two attached hydrogens (primary N) is 1. The molecule has 0 radical (unpaired) electrons. The molecule has 3 nitrogen and oxygen atoms in total. The molecule has 0 heterocycles. The molecular weight excluding hydrogens is 318 g/mol. The Bertz CT molecular complexity index is 647. The third kappa shape index (κ3) is 3.08. The fourth-order valence-corrected chi connectivity index (χ4v) is 1.74. The van der Waals surface area contributed by atoms with Crippen LogP contribution in [0.1, 0.15) is 10.4 Å². The molecule has 98 valence electrons. The number of benzene rings is 2. The van der Waals surface area contributed by atoms with Crippen LogP contribution in [0.2, 0.25) is 0 Å². The number of nitrogens with one attached hydrogen (secondary N) is 1. The molecule has 2 aromatic carbocycles. The summed E-state index contributed by atoms with van der Waals surface area (Å²) in [6.45, 7) is 0. The minimum Gasteiger partial charge on any atom is -0.398 e. The highest BCUT2D eigenvalue weighted by molar-refractivity contribution is 9.10. The van der Waals surface area contributed by atoms with E-state index in [0.717, 1.165) is 12.1 Å². The van der Waals surface area contributed by atoms with E-state index in [1.165, 1.54) is 6.07 Å². The molecule has 0 saturated carbocycles. The summed E-state index contributed by atoms with van der Waals surface area (Å²) in [5.74, 6) is -2.32. The first kappa shape index (κ1) is 13.5. The first-order valence-corrected chi connectivity index (χ1v) is 6.08. The van der Waals surface area contributed by atoms with Crippen LogP contribution in [-0.2, 0) is 0 Å². The Morgan fingerprint density at radius 1 is 1.16 bits per heavy atom. The van der Waals surface area contributed by atoms with Crippen molar-refractivity contribution in [1.82, 2.24) is 0 Å². The van der Waals surface area contributed by atoms with Gasteiger partial charge in [0.1, 0.15) is 11.6 Å². The summed E-state index contributed by atoms with van der Waals surface area (Å²) < 4.78 is 26.8. The van der Waals surface area contributed by atoms with Crippen molar-refractivity contribution in [3.63, 3.8) is 0 Å². The normalized spacial score (nSPS) is 10.3. The maximum atomic E-state index is 13.4. The van der Waals surface area contributed by atoms with E-state index < -0.39 is 17.5 Å². The van der Waals surface area contributed by atoms with Gasteiger partial charge in [0, 0.05) is 21.9 Å². The van der Waals surface area contributed by atoms with Crippen LogP contribution in [0.15, 0.2) is 40.9 Å². The van der Waals surface area contributed by atoms with E-state index in [1.807, 2.05) is 0 Å². The summed E-state index contributed by atoms with van der Waals surface area (Å²) in [6, 6.07) is 7.57. The fourth-order valence-electron chi connectivity index (χ4n) is 1.49. The maximum Gasteiger partial charge on any atom is 0.258 e. The zero-order chi connectivity index (χ0) is 14.0. The van der Waals surface area contributed by atoms with Crippen LogP contribution in [0.5, 0.6) is 0 Å². The lowest BCUT2D eigenvalue weighted by atomic mass is 10.2. The molecule has 2 rings (SSSR count). The van der Waals surface area contributed by atoms with Crippen molar-refractivity contribution in [3.05, 3.63) is 58.1 Å². The number of nitrogen functional groups attached to an aromatic ring is 1. The molecule has 1 amide bonds. The van der Waals surface area contributed by atoms with Gasteiger partial charge in [-0.15, -0.1) is 0 Å². The minimum atomic E-state index is -0.914. The van der Waals surface area contributed by atoms with Crippen LogP contribution in [0.4, 0.5) is 20.2 Å². The Morgan fingerprint density at radius 2 is 1.89 bits per heavy atom. The van der Waals surface area contributed by atoms with Crippen LogP contribution in [0.3, 0.4) is 0 Å². The van der Waals surface area contributed by atoms with Crippen LogP contribution >= 0.6 is 15.9 Å². The molecule has 0 aliphatic heterocycles. The molecule has 3 N–H and O–H groups in total. The Labute approximate surface area is 116 Å². The third-order valence-corrected chi connectivity index (χ3v) is 3.15. The van der Waals surface area contributed by atoms with Gasteiger partial charge < -0.3 is 11.1 Å². The molecule has 0 fully saturated rings. The number of anilines is 2. The molecule has 0 aromatic heterocycles. The van der Waals surface area contributed by atoms with E-state index >= 15 is 0 Å². The fraction of sp³-hybridized carbons (Fsp3) is 0. The summed E-state index contributed by atoms with van der Waals surface area (Å²) in [4.78, 5) is 11.8. The summed E-state index contributed by atoms with van der Waals surface area (Å²) >= 11 is 3.22. The van der Waals surface area contributed by atoms with E-state index in [2.05, 4.69) is 21.2 Å². The first-order chi connectivity index (χ1) is 8.97. The van der Waals surface area contributed by atoms with Crippen molar-refractivity contribution < 1.29 is 13.6 Å². The molecule has 2 aromatic rings. The van der Waals surface area contributed by atoms with Crippen LogP contribution in [0.25, 0.3) is 0 Å². The van der Waals surface area contributed by atoms with Gasteiger partial charge in [-0.3, -0.25) is 4.79 Å². The second-order valence-electron chi connectivity index (χ2n) is 3.81. The predicted octanol–water partition coefficient (Wildman–Crippen LogP) is 3.56. The van der Waals surface area contributed by atoms with Crippen molar-refractivity contribution >= 4 is 33.2 Å². The van der Waals surface area contributed by atoms with Crippen molar-refractivity contribution in [2.45, 2.75) is 0 Å². The molecule has 0 spiro atoms. The average molecular weight is 327 g/mol. The van der Waals surface area contributed by atoms with Gasteiger partial charge in [-0.05, 0) is 46.3 Å². The minimum absolute atomic E-state index is 0.233. The van der Waals surface area contributed by atoms with Gasteiger partial charge in [0.25, 0.3) is 5.91 Å². The van der Waals surface area contributed by atoms with Gasteiger partial charge in [-0.1, -0.05) is 0 Å². The monoisotopic (exact) mass is 326 g/mol. The SMILES string of the molecule is Nc1cc(NC(=O)c2ccc(F)cc2F)ccc1Br. The van der Waals surface area contributed by atoms with E-state index in [0.29, 0.717) is 21.9 Å². The zero-order valence-corrected chi connectivity index (χ0v) is 11.2. The highest BCUT2D eigenvalue weighted by atomic mass is 79.9. The topological polar surface area (TPSA) is 55.1 Å². The smallest absolute Gasteiger partial charge is 0.258 e. The quantitative estimate of drug-likeness (QED) is 0.829. The maximum absolute atomic E-state index is 13.4. The van der Waals surface area contributed by atoms with Gasteiger partial charge in [-0.2, -0.15) is 0 Å². The average Bonchev–Trinajstić information content (AvgIpc) is 2.33. The lowest BCUT2D eigenvalue weighted by molar-refractivity contribution is 0.102. The number of carbonyl (C=O) groups is 1. The molecule has 19 heavy (non-hydrogen) atoms. The molecular formula is C13H9BrF2N2O. The Balaban J connectivity index is 2.23. The Kier molecular flexibility index (Phi) is 3.80. The highest BCUT2D eigenvalue weighted by Gasteiger charge is 2.12. The van der Waals surface area contributed by atoms with Crippen molar-refractivity contribution in [3.8, 4) is 0 Å². The summed E-state index contributed by atoms with van der Waals surface area (Å²) in [7, 11) is 0. The second-order valence-corrected chi connectivity index (χ2v) is 4.67. The number of carbonyl (C=O) groups excluding carboxylic acids is 1. The lowest BCUT2D eigenvalue weighted by Crippen LogP contribution is -2.14. The molecule has 0 aliphatic rings. The molecule has 6 heteroatoms. The third-order valence-electron chi connectivity index (χ3n) is 2.43. The first-order valence-electron chi connectivity index (χ1n) is 5.29. The number of halogens is 3. The molecule has 0 unspecified atom stereocenters. The highest BCUT2D eigenvalue weighted by Crippen LogP contribution is 2.23. The number of hydrogen-bond acceptors (Lipinski definition) is 2. The van der Waals surface area contributed by atoms with E-state index in [1.54, 1.807) is 12.1 Å². The molecule has 0 bridgehead atoms. The summed E-state index contributed by atoms with van der Waals surface area (Å²) in [6.07, 6.45) is 0. The second kappa shape index (κ2) is 5.36.